The number of aryl methyl sites for hydroxylation is 2. The van der Waals surface area contributed by atoms with Gasteiger partial charge in [0.1, 0.15) is 5.69 Å². The van der Waals surface area contributed by atoms with Gasteiger partial charge in [-0.15, -0.1) is 5.10 Å². The van der Waals surface area contributed by atoms with Gasteiger partial charge >= 0.3 is 6.16 Å². The first-order chi connectivity index (χ1) is 6.15. The lowest BCUT2D eigenvalue weighted by atomic mass is 10.4. The first-order valence-electron chi connectivity index (χ1n) is 3.96. The van der Waals surface area contributed by atoms with E-state index >= 15 is 0 Å². The van der Waals surface area contributed by atoms with Gasteiger partial charge in [0.2, 0.25) is 5.88 Å². The Labute approximate surface area is 75.1 Å². The molecule has 0 amide bonds. The Kier molecular flexibility index (Phi) is 2.84. The Morgan fingerprint density at radius 3 is 2.92 bits per heavy atom. The highest BCUT2D eigenvalue weighted by molar-refractivity contribution is 5.60. The zero-order valence-electron chi connectivity index (χ0n) is 7.52. The van der Waals surface area contributed by atoms with Crippen molar-refractivity contribution in [1.29, 1.82) is 0 Å². The van der Waals surface area contributed by atoms with E-state index in [1.165, 1.54) is 4.68 Å². The van der Waals surface area contributed by atoms with Crippen LogP contribution in [0.3, 0.4) is 0 Å². The van der Waals surface area contributed by atoms with E-state index < -0.39 is 6.16 Å². The van der Waals surface area contributed by atoms with E-state index in [1.54, 1.807) is 6.92 Å². The van der Waals surface area contributed by atoms with Crippen molar-refractivity contribution in [3.8, 4) is 5.88 Å². The molecule has 0 aliphatic carbocycles. The molecule has 0 atom stereocenters. The van der Waals surface area contributed by atoms with Crippen LogP contribution >= 0.6 is 0 Å². The average molecular weight is 185 g/mol. The molecule has 0 saturated heterocycles. The van der Waals surface area contributed by atoms with E-state index in [2.05, 4.69) is 15.0 Å². The van der Waals surface area contributed by atoms with E-state index in [0.717, 1.165) is 6.42 Å². The molecule has 0 aliphatic heterocycles. The predicted octanol–water partition coefficient (Wildman–Crippen LogP) is 1.05. The van der Waals surface area contributed by atoms with Gasteiger partial charge in [-0.25, -0.2) is 9.48 Å². The number of carboxylic acid groups (broad SMARTS) is 1. The fourth-order valence-corrected chi connectivity index (χ4v) is 0.959. The Hall–Kier alpha value is -1.59. The standard InChI is InChI=1S/C7H11N3O3/c1-3-4-10-6(13-7(11)12)5(2)8-9-10/h3-4H2,1-2H3,(H,11,12). The van der Waals surface area contributed by atoms with Crippen molar-refractivity contribution in [2.45, 2.75) is 26.8 Å². The summed E-state index contributed by atoms with van der Waals surface area (Å²) in [4.78, 5) is 10.3. The van der Waals surface area contributed by atoms with E-state index in [-0.39, 0.29) is 5.88 Å². The van der Waals surface area contributed by atoms with Crippen LogP contribution in [0.1, 0.15) is 19.0 Å². The summed E-state index contributed by atoms with van der Waals surface area (Å²) in [6.45, 7) is 4.21. The molecular formula is C7H11N3O3. The zero-order chi connectivity index (χ0) is 9.84. The third kappa shape index (κ3) is 2.17. The maximum atomic E-state index is 10.3. The summed E-state index contributed by atoms with van der Waals surface area (Å²) in [5.41, 5.74) is 0.482. The van der Waals surface area contributed by atoms with Crippen LogP contribution < -0.4 is 4.74 Å². The summed E-state index contributed by atoms with van der Waals surface area (Å²) in [5, 5.41) is 15.9. The van der Waals surface area contributed by atoms with Crippen molar-refractivity contribution >= 4 is 6.16 Å². The smallest absolute Gasteiger partial charge is 0.449 e. The van der Waals surface area contributed by atoms with E-state index in [0.29, 0.717) is 12.2 Å². The second kappa shape index (κ2) is 3.88. The quantitative estimate of drug-likeness (QED) is 0.712. The molecule has 0 saturated carbocycles. The van der Waals surface area contributed by atoms with Crippen LogP contribution in [-0.2, 0) is 6.54 Å². The lowest BCUT2D eigenvalue weighted by Gasteiger charge is -2.02. The van der Waals surface area contributed by atoms with E-state index in [4.69, 9.17) is 5.11 Å². The van der Waals surface area contributed by atoms with Crippen LogP contribution in [0.4, 0.5) is 4.79 Å². The first kappa shape index (κ1) is 9.50. The Morgan fingerprint density at radius 1 is 1.69 bits per heavy atom. The van der Waals surface area contributed by atoms with Crippen molar-refractivity contribution in [1.82, 2.24) is 15.0 Å². The summed E-state index contributed by atoms with van der Waals surface area (Å²) < 4.78 is 5.96. The molecule has 0 fully saturated rings. The minimum absolute atomic E-state index is 0.203. The van der Waals surface area contributed by atoms with Gasteiger partial charge in [0.05, 0.1) is 0 Å². The molecule has 1 aromatic rings. The van der Waals surface area contributed by atoms with Gasteiger partial charge in [0.25, 0.3) is 0 Å². The largest absolute Gasteiger partial charge is 0.512 e. The molecule has 0 unspecified atom stereocenters. The van der Waals surface area contributed by atoms with Crippen molar-refractivity contribution in [2.24, 2.45) is 0 Å². The lowest BCUT2D eigenvalue weighted by molar-refractivity contribution is 0.139. The molecular weight excluding hydrogens is 174 g/mol. The van der Waals surface area contributed by atoms with Crippen molar-refractivity contribution in [2.75, 3.05) is 0 Å². The zero-order valence-corrected chi connectivity index (χ0v) is 7.52. The van der Waals surface area contributed by atoms with E-state index in [1.807, 2.05) is 6.92 Å². The molecule has 0 aromatic carbocycles. The van der Waals surface area contributed by atoms with Gasteiger partial charge in [-0.05, 0) is 13.3 Å². The number of carbonyl (C=O) groups is 1. The van der Waals surface area contributed by atoms with Gasteiger partial charge in [0, 0.05) is 6.54 Å². The van der Waals surface area contributed by atoms with Crippen LogP contribution in [0, 0.1) is 6.92 Å². The Balaban J connectivity index is 2.87. The molecule has 1 heterocycles. The molecule has 72 valence electrons. The van der Waals surface area contributed by atoms with Crippen molar-refractivity contribution < 1.29 is 14.6 Å². The SMILES string of the molecule is CCCn1nnc(C)c1OC(=O)O. The number of ether oxygens (including phenoxy) is 1. The minimum atomic E-state index is -1.34. The molecule has 6 nitrogen and oxygen atoms in total. The Bertz CT molecular complexity index is 308. The normalized spacial score (nSPS) is 10.0. The third-order valence-corrected chi connectivity index (χ3v) is 1.47. The highest BCUT2D eigenvalue weighted by Gasteiger charge is 2.12. The summed E-state index contributed by atoms with van der Waals surface area (Å²) in [5.74, 6) is 0.203. The molecule has 1 N–H and O–H groups in total. The summed E-state index contributed by atoms with van der Waals surface area (Å²) >= 11 is 0. The molecule has 1 rings (SSSR count). The van der Waals surface area contributed by atoms with Crippen LogP contribution in [0.25, 0.3) is 0 Å². The Morgan fingerprint density at radius 2 is 2.38 bits per heavy atom. The molecule has 13 heavy (non-hydrogen) atoms. The van der Waals surface area contributed by atoms with Crippen LogP contribution in [0.15, 0.2) is 0 Å². The first-order valence-corrected chi connectivity index (χ1v) is 3.96. The summed E-state index contributed by atoms with van der Waals surface area (Å²) in [7, 11) is 0. The topological polar surface area (TPSA) is 77.2 Å². The fraction of sp³-hybridized carbons (Fsp3) is 0.571. The predicted molar refractivity (Wildman–Crippen MR) is 43.7 cm³/mol. The molecule has 0 radical (unpaired) electrons. The average Bonchev–Trinajstić information content (AvgIpc) is 2.36. The molecule has 0 aliphatic rings. The van der Waals surface area contributed by atoms with Crippen LogP contribution in [-0.4, -0.2) is 26.3 Å². The van der Waals surface area contributed by atoms with Gasteiger partial charge in [-0.2, -0.15) is 0 Å². The minimum Gasteiger partial charge on any atom is -0.449 e. The van der Waals surface area contributed by atoms with Gasteiger partial charge in [-0.3, -0.25) is 0 Å². The van der Waals surface area contributed by atoms with E-state index in [9.17, 15) is 4.79 Å². The van der Waals surface area contributed by atoms with Crippen molar-refractivity contribution in [3.05, 3.63) is 5.69 Å². The fourth-order valence-electron chi connectivity index (χ4n) is 0.959. The highest BCUT2D eigenvalue weighted by Crippen LogP contribution is 2.14. The second-order valence-electron chi connectivity index (χ2n) is 2.57. The number of rotatable bonds is 3. The lowest BCUT2D eigenvalue weighted by Crippen LogP contribution is -2.10. The molecule has 0 bridgehead atoms. The van der Waals surface area contributed by atoms with Crippen molar-refractivity contribution in [3.63, 3.8) is 0 Å². The monoisotopic (exact) mass is 185 g/mol. The maximum absolute atomic E-state index is 10.3. The number of nitrogens with zero attached hydrogens (tertiary/aromatic N) is 3. The van der Waals surface area contributed by atoms with Gasteiger partial charge in [-0.1, -0.05) is 12.1 Å². The number of hydrogen-bond donors (Lipinski definition) is 1. The number of aromatic nitrogens is 3. The van der Waals surface area contributed by atoms with Crippen LogP contribution in [0.2, 0.25) is 0 Å². The van der Waals surface area contributed by atoms with Gasteiger partial charge < -0.3 is 9.84 Å². The maximum Gasteiger partial charge on any atom is 0.512 e. The molecule has 1 aromatic heterocycles. The highest BCUT2D eigenvalue weighted by atomic mass is 16.7. The second-order valence-corrected chi connectivity index (χ2v) is 2.57. The molecule has 0 spiro atoms. The summed E-state index contributed by atoms with van der Waals surface area (Å²) in [6, 6.07) is 0. The molecule has 6 heteroatoms. The van der Waals surface area contributed by atoms with Crippen LogP contribution in [0.5, 0.6) is 5.88 Å². The number of hydrogen-bond acceptors (Lipinski definition) is 4. The van der Waals surface area contributed by atoms with Gasteiger partial charge in [0.15, 0.2) is 0 Å². The third-order valence-electron chi connectivity index (χ3n) is 1.47. The summed E-state index contributed by atoms with van der Waals surface area (Å²) in [6.07, 6.45) is -0.499.